The van der Waals surface area contributed by atoms with Gasteiger partial charge in [-0.05, 0) is 55.4 Å². The summed E-state index contributed by atoms with van der Waals surface area (Å²) in [4.78, 5) is 11.3. The van der Waals surface area contributed by atoms with E-state index in [-0.39, 0.29) is 11.5 Å². The maximum atomic E-state index is 12.5. The van der Waals surface area contributed by atoms with Crippen molar-refractivity contribution in [1.29, 1.82) is 0 Å². The molecule has 22 heavy (non-hydrogen) atoms. The van der Waals surface area contributed by atoms with Crippen LogP contribution in [0, 0.1) is 0 Å². The Labute approximate surface area is 129 Å². The lowest BCUT2D eigenvalue weighted by Gasteiger charge is -2.19. The first kappa shape index (κ1) is 15.5. The summed E-state index contributed by atoms with van der Waals surface area (Å²) in [6.45, 7) is 0.244. The molecule has 1 aliphatic heterocycles. The van der Waals surface area contributed by atoms with E-state index in [2.05, 4.69) is 4.72 Å². The maximum Gasteiger partial charge on any atom is 0.334 e. The van der Waals surface area contributed by atoms with Gasteiger partial charge in [0.15, 0.2) is 6.10 Å². The summed E-state index contributed by atoms with van der Waals surface area (Å²) >= 11 is 0. The number of fused-ring (bicyclic) bond motifs is 1. The van der Waals surface area contributed by atoms with Crippen molar-refractivity contribution in [2.45, 2.75) is 49.1 Å². The highest BCUT2D eigenvalue weighted by Crippen LogP contribution is 2.25. The van der Waals surface area contributed by atoms with Crippen LogP contribution >= 0.6 is 0 Å². The van der Waals surface area contributed by atoms with E-state index < -0.39 is 28.1 Å². The fourth-order valence-electron chi connectivity index (χ4n) is 3.10. The number of rotatable bonds is 4. The number of carboxylic acids is 1. The van der Waals surface area contributed by atoms with Crippen LogP contribution in [0.5, 0.6) is 0 Å². The van der Waals surface area contributed by atoms with Crippen molar-refractivity contribution in [1.82, 2.24) is 4.72 Å². The molecule has 6 nitrogen and oxygen atoms in total. The molecular formula is C15H19NO5S. The minimum atomic E-state index is -3.74. The van der Waals surface area contributed by atoms with E-state index in [1.165, 1.54) is 5.56 Å². The zero-order valence-corrected chi connectivity index (χ0v) is 12.9. The summed E-state index contributed by atoms with van der Waals surface area (Å²) in [6.07, 6.45) is 3.33. The lowest BCUT2D eigenvalue weighted by Crippen LogP contribution is -2.44. The van der Waals surface area contributed by atoms with Gasteiger partial charge >= 0.3 is 5.97 Å². The van der Waals surface area contributed by atoms with Crippen LogP contribution in [0.2, 0.25) is 0 Å². The van der Waals surface area contributed by atoms with Crippen LogP contribution in [0.1, 0.15) is 30.4 Å². The molecule has 0 unspecified atom stereocenters. The second-order valence-electron chi connectivity index (χ2n) is 5.78. The Morgan fingerprint density at radius 3 is 2.68 bits per heavy atom. The third-order valence-electron chi connectivity index (χ3n) is 4.27. The van der Waals surface area contributed by atoms with Crippen molar-refractivity contribution in [3.8, 4) is 0 Å². The highest BCUT2D eigenvalue weighted by atomic mass is 32.2. The van der Waals surface area contributed by atoms with Crippen LogP contribution < -0.4 is 4.72 Å². The lowest BCUT2D eigenvalue weighted by molar-refractivity contribution is -0.147. The van der Waals surface area contributed by atoms with Gasteiger partial charge in [-0.15, -0.1) is 0 Å². The standard InChI is InChI=1S/C15H19NO5S/c17-15(18)14-13(7-8-21-14)16-22(19,20)12-6-5-10-3-1-2-4-11(10)9-12/h5-6,9,13-14,16H,1-4,7-8H2,(H,17,18)/t13-,14+/m0/s1. The Kier molecular flexibility index (Phi) is 4.20. The molecule has 3 rings (SSSR count). The zero-order valence-electron chi connectivity index (χ0n) is 12.1. The number of nitrogens with one attached hydrogen (secondary N) is 1. The lowest BCUT2D eigenvalue weighted by atomic mass is 9.92. The highest BCUT2D eigenvalue weighted by molar-refractivity contribution is 7.89. The first-order valence-electron chi connectivity index (χ1n) is 7.46. The molecule has 1 aromatic rings. The number of aryl methyl sites for hydroxylation is 2. The van der Waals surface area contributed by atoms with Crippen molar-refractivity contribution in [3.05, 3.63) is 29.3 Å². The Balaban J connectivity index is 1.82. The smallest absolute Gasteiger partial charge is 0.334 e. The Morgan fingerprint density at radius 1 is 1.23 bits per heavy atom. The number of hydrogen-bond donors (Lipinski definition) is 2. The zero-order chi connectivity index (χ0) is 15.7. The van der Waals surface area contributed by atoms with E-state index in [0.717, 1.165) is 31.2 Å². The van der Waals surface area contributed by atoms with E-state index in [9.17, 15) is 13.2 Å². The Morgan fingerprint density at radius 2 is 1.95 bits per heavy atom. The Hall–Kier alpha value is -1.44. The van der Waals surface area contributed by atoms with Gasteiger partial charge < -0.3 is 9.84 Å². The molecule has 2 aliphatic rings. The largest absolute Gasteiger partial charge is 0.479 e. The van der Waals surface area contributed by atoms with Crippen LogP contribution in [0.15, 0.2) is 23.1 Å². The predicted molar refractivity (Wildman–Crippen MR) is 79.2 cm³/mol. The normalized spacial score (nSPS) is 24.9. The summed E-state index contributed by atoms with van der Waals surface area (Å²) in [5.74, 6) is -1.14. The van der Waals surface area contributed by atoms with Gasteiger partial charge in [-0.3, -0.25) is 0 Å². The van der Waals surface area contributed by atoms with Crippen molar-refractivity contribution < 1.29 is 23.1 Å². The molecule has 0 radical (unpaired) electrons. The second kappa shape index (κ2) is 5.98. The number of ether oxygens (including phenoxy) is 1. The fourth-order valence-corrected chi connectivity index (χ4v) is 4.42. The van der Waals surface area contributed by atoms with E-state index in [1.807, 2.05) is 6.07 Å². The first-order valence-corrected chi connectivity index (χ1v) is 8.94. The summed E-state index contributed by atoms with van der Waals surface area (Å²) in [7, 11) is -3.74. The average molecular weight is 325 g/mol. The van der Waals surface area contributed by atoms with E-state index >= 15 is 0 Å². The molecule has 0 amide bonds. The van der Waals surface area contributed by atoms with E-state index in [1.54, 1.807) is 12.1 Å². The minimum absolute atomic E-state index is 0.198. The van der Waals surface area contributed by atoms with Crippen LogP contribution in [-0.2, 0) is 32.4 Å². The van der Waals surface area contributed by atoms with Gasteiger partial charge in [0, 0.05) is 6.61 Å². The quantitative estimate of drug-likeness (QED) is 0.864. The molecular weight excluding hydrogens is 306 g/mol. The summed E-state index contributed by atoms with van der Waals surface area (Å²) in [5.41, 5.74) is 2.28. The van der Waals surface area contributed by atoms with E-state index in [4.69, 9.17) is 9.84 Å². The van der Waals surface area contributed by atoms with Crippen LogP contribution in [0.3, 0.4) is 0 Å². The highest BCUT2D eigenvalue weighted by Gasteiger charge is 2.37. The SMILES string of the molecule is O=C(O)[C@@H]1OCC[C@@H]1NS(=O)(=O)c1ccc2c(c1)CCCC2. The van der Waals surface area contributed by atoms with Crippen molar-refractivity contribution in [2.75, 3.05) is 6.61 Å². The Bertz CT molecular complexity index is 685. The first-order chi connectivity index (χ1) is 10.5. The molecule has 1 saturated heterocycles. The molecule has 120 valence electrons. The molecule has 1 aliphatic carbocycles. The van der Waals surface area contributed by atoms with Crippen molar-refractivity contribution in [3.63, 3.8) is 0 Å². The monoisotopic (exact) mass is 325 g/mol. The van der Waals surface area contributed by atoms with Gasteiger partial charge in [0.05, 0.1) is 10.9 Å². The van der Waals surface area contributed by atoms with Crippen LogP contribution in [-0.4, -0.2) is 38.2 Å². The molecule has 2 atom stereocenters. The van der Waals surface area contributed by atoms with Gasteiger partial charge in [-0.2, -0.15) is 0 Å². The van der Waals surface area contributed by atoms with Gasteiger partial charge in [-0.25, -0.2) is 17.9 Å². The van der Waals surface area contributed by atoms with Crippen LogP contribution in [0.25, 0.3) is 0 Å². The molecule has 0 spiro atoms. The number of carboxylic acid groups (broad SMARTS) is 1. The summed E-state index contributed by atoms with van der Waals surface area (Å²) < 4.78 is 32.5. The number of hydrogen-bond acceptors (Lipinski definition) is 4. The van der Waals surface area contributed by atoms with E-state index in [0.29, 0.717) is 6.42 Å². The number of carbonyl (C=O) groups is 1. The third-order valence-corrected chi connectivity index (χ3v) is 5.76. The summed E-state index contributed by atoms with van der Waals surface area (Å²) in [5, 5.41) is 9.05. The molecule has 0 saturated carbocycles. The van der Waals surface area contributed by atoms with Gasteiger partial charge in [0.1, 0.15) is 0 Å². The van der Waals surface area contributed by atoms with Crippen molar-refractivity contribution >= 4 is 16.0 Å². The molecule has 1 heterocycles. The number of benzene rings is 1. The third kappa shape index (κ3) is 3.02. The van der Waals surface area contributed by atoms with Crippen molar-refractivity contribution in [2.24, 2.45) is 0 Å². The molecule has 0 aromatic heterocycles. The van der Waals surface area contributed by atoms with Gasteiger partial charge in [0.2, 0.25) is 10.0 Å². The van der Waals surface area contributed by atoms with Crippen LogP contribution in [0.4, 0.5) is 0 Å². The number of aliphatic carboxylic acids is 1. The molecule has 1 aromatic carbocycles. The fraction of sp³-hybridized carbons (Fsp3) is 0.533. The predicted octanol–water partition coefficient (Wildman–Crippen LogP) is 1.09. The maximum absolute atomic E-state index is 12.5. The number of sulfonamides is 1. The molecule has 7 heteroatoms. The molecule has 0 bridgehead atoms. The second-order valence-corrected chi connectivity index (χ2v) is 7.50. The topological polar surface area (TPSA) is 92.7 Å². The molecule has 2 N–H and O–H groups in total. The van der Waals surface area contributed by atoms with Gasteiger partial charge in [0.25, 0.3) is 0 Å². The van der Waals surface area contributed by atoms with Gasteiger partial charge in [-0.1, -0.05) is 6.07 Å². The summed E-state index contributed by atoms with van der Waals surface area (Å²) in [6, 6.07) is 4.45. The average Bonchev–Trinajstić information content (AvgIpc) is 2.94. The molecule has 1 fully saturated rings. The minimum Gasteiger partial charge on any atom is -0.479 e.